The number of para-hydroxylation sites is 1. The number of anilines is 1. The summed E-state index contributed by atoms with van der Waals surface area (Å²) >= 11 is 6.24. The van der Waals surface area contributed by atoms with Crippen LogP contribution in [0.5, 0.6) is 5.75 Å². The Morgan fingerprint density at radius 2 is 2.00 bits per heavy atom. The van der Waals surface area contributed by atoms with Crippen molar-refractivity contribution in [3.8, 4) is 5.75 Å². The van der Waals surface area contributed by atoms with Gasteiger partial charge in [0.05, 0.1) is 17.8 Å². The van der Waals surface area contributed by atoms with Crippen molar-refractivity contribution in [2.45, 2.75) is 38.3 Å². The summed E-state index contributed by atoms with van der Waals surface area (Å²) in [5.41, 5.74) is 3.71. The Bertz CT molecular complexity index is 783. The van der Waals surface area contributed by atoms with Crippen LogP contribution in [0.15, 0.2) is 54.6 Å². The monoisotopic (exact) mass is 339 g/mol. The summed E-state index contributed by atoms with van der Waals surface area (Å²) in [4.78, 5) is 0. The highest BCUT2D eigenvalue weighted by Crippen LogP contribution is 2.52. The standard InChI is InChI=1S/C21H22ClNO/c1-13(2)24-19-11-5-10-18-16-8-4-9-17(16)20(23-21(18)19)14-6-3-7-15(22)12-14/h3-8,10-13,16-17,20,23H,9H2,1-2H3. The number of allylic oxidation sites excluding steroid dienone is 2. The van der Waals surface area contributed by atoms with E-state index in [1.807, 2.05) is 12.1 Å². The molecule has 0 radical (unpaired) electrons. The molecule has 0 saturated carbocycles. The molecule has 0 saturated heterocycles. The summed E-state index contributed by atoms with van der Waals surface area (Å²) in [5, 5.41) is 4.55. The molecule has 0 bridgehead atoms. The van der Waals surface area contributed by atoms with Crippen molar-refractivity contribution in [3.63, 3.8) is 0 Å². The van der Waals surface area contributed by atoms with Gasteiger partial charge in [-0.1, -0.05) is 48.0 Å². The molecule has 2 aromatic rings. The maximum atomic E-state index is 6.24. The largest absolute Gasteiger partial charge is 0.489 e. The van der Waals surface area contributed by atoms with E-state index in [9.17, 15) is 0 Å². The fourth-order valence-corrected chi connectivity index (χ4v) is 4.17. The maximum absolute atomic E-state index is 6.24. The van der Waals surface area contributed by atoms with Crippen LogP contribution in [0.3, 0.4) is 0 Å². The molecule has 3 heteroatoms. The van der Waals surface area contributed by atoms with Gasteiger partial charge in [-0.15, -0.1) is 0 Å². The molecule has 1 N–H and O–H groups in total. The van der Waals surface area contributed by atoms with Crippen LogP contribution in [0, 0.1) is 5.92 Å². The smallest absolute Gasteiger partial charge is 0.143 e. The summed E-state index contributed by atoms with van der Waals surface area (Å²) in [5.74, 6) is 1.89. The number of hydrogen-bond donors (Lipinski definition) is 1. The minimum Gasteiger partial charge on any atom is -0.489 e. The zero-order valence-corrected chi connectivity index (χ0v) is 14.8. The van der Waals surface area contributed by atoms with Gasteiger partial charge in [0.15, 0.2) is 0 Å². The molecule has 0 spiro atoms. The van der Waals surface area contributed by atoms with Gasteiger partial charge in [-0.05, 0) is 55.5 Å². The van der Waals surface area contributed by atoms with Crippen LogP contribution >= 0.6 is 11.6 Å². The normalized spacial score (nSPS) is 24.4. The summed E-state index contributed by atoms with van der Waals surface area (Å²) in [7, 11) is 0. The zero-order chi connectivity index (χ0) is 16.7. The molecule has 3 unspecified atom stereocenters. The molecule has 4 rings (SSSR count). The molecular formula is C21H22ClNO. The van der Waals surface area contributed by atoms with E-state index in [1.54, 1.807) is 0 Å². The first-order valence-corrected chi connectivity index (χ1v) is 8.99. The number of benzene rings is 2. The van der Waals surface area contributed by atoms with Crippen LogP contribution in [0.25, 0.3) is 0 Å². The minimum absolute atomic E-state index is 0.153. The molecule has 0 aromatic heterocycles. The van der Waals surface area contributed by atoms with Crippen LogP contribution in [0.2, 0.25) is 5.02 Å². The van der Waals surface area contributed by atoms with Gasteiger partial charge >= 0.3 is 0 Å². The van der Waals surface area contributed by atoms with Crippen LogP contribution in [0.1, 0.15) is 43.4 Å². The van der Waals surface area contributed by atoms with Gasteiger partial charge in [-0.25, -0.2) is 0 Å². The lowest BCUT2D eigenvalue weighted by molar-refractivity contribution is 0.242. The molecule has 2 aromatic carbocycles. The number of ether oxygens (including phenoxy) is 1. The Labute approximate surface area is 148 Å². The van der Waals surface area contributed by atoms with Crippen molar-refractivity contribution >= 4 is 17.3 Å². The van der Waals surface area contributed by atoms with Gasteiger partial charge in [0.1, 0.15) is 5.75 Å². The molecule has 124 valence electrons. The Morgan fingerprint density at radius 1 is 1.17 bits per heavy atom. The molecule has 0 fully saturated rings. The summed E-state index contributed by atoms with van der Waals surface area (Å²) < 4.78 is 6.06. The van der Waals surface area contributed by atoms with Gasteiger partial charge in [-0.2, -0.15) is 0 Å². The van der Waals surface area contributed by atoms with Crippen LogP contribution in [-0.2, 0) is 0 Å². The third-order valence-electron chi connectivity index (χ3n) is 4.93. The quantitative estimate of drug-likeness (QED) is 0.697. The number of rotatable bonds is 3. The molecular weight excluding hydrogens is 318 g/mol. The maximum Gasteiger partial charge on any atom is 0.143 e. The van der Waals surface area contributed by atoms with Crippen molar-refractivity contribution in [3.05, 3.63) is 70.8 Å². The highest BCUT2D eigenvalue weighted by molar-refractivity contribution is 6.30. The van der Waals surface area contributed by atoms with Crippen molar-refractivity contribution < 1.29 is 4.74 Å². The first kappa shape index (κ1) is 15.6. The number of halogens is 1. The third kappa shape index (κ3) is 2.69. The van der Waals surface area contributed by atoms with E-state index >= 15 is 0 Å². The van der Waals surface area contributed by atoms with Crippen molar-refractivity contribution in [2.24, 2.45) is 5.92 Å². The Balaban J connectivity index is 1.79. The Hall–Kier alpha value is -1.93. The average Bonchev–Trinajstić information content (AvgIpc) is 3.04. The van der Waals surface area contributed by atoms with Crippen molar-refractivity contribution in [1.29, 1.82) is 0 Å². The molecule has 24 heavy (non-hydrogen) atoms. The molecule has 2 nitrogen and oxygen atoms in total. The molecule has 1 aliphatic carbocycles. The Kier molecular flexibility index (Phi) is 4.01. The Morgan fingerprint density at radius 3 is 2.79 bits per heavy atom. The van der Waals surface area contributed by atoms with E-state index in [0.717, 1.165) is 22.9 Å². The fourth-order valence-electron chi connectivity index (χ4n) is 3.97. The second kappa shape index (κ2) is 6.18. The lowest BCUT2D eigenvalue weighted by atomic mass is 9.77. The highest BCUT2D eigenvalue weighted by Gasteiger charge is 2.39. The van der Waals surface area contributed by atoms with E-state index in [1.165, 1.54) is 11.1 Å². The van der Waals surface area contributed by atoms with E-state index in [0.29, 0.717) is 11.8 Å². The lowest BCUT2D eigenvalue weighted by Crippen LogP contribution is -2.29. The summed E-state index contributed by atoms with van der Waals surface area (Å²) in [6, 6.07) is 14.8. The molecule has 3 atom stereocenters. The number of hydrogen-bond acceptors (Lipinski definition) is 2. The van der Waals surface area contributed by atoms with Crippen molar-refractivity contribution in [2.75, 3.05) is 5.32 Å². The lowest BCUT2D eigenvalue weighted by Gasteiger charge is -2.38. The van der Waals surface area contributed by atoms with Gasteiger partial charge in [0.25, 0.3) is 0 Å². The van der Waals surface area contributed by atoms with Crippen LogP contribution < -0.4 is 10.1 Å². The van der Waals surface area contributed by atoms with Crippen LogP contribution in [0.4, 0.5) is 5.69 Å². The molecule has 0 amide bonds. The predicted octanol–water partition coefficient (Wildman–Crippen LogP) is 5.95. The fraction of sp³-hybridized carbons (Fsp3) is 0.333. The number of nitrogens with one attached hydrogen (secondary N) is 1. The molecule has 1 aliphatic heterocycles. The van der Waals surface area contributed by atoms with E-state index in [-0.39, 0.29) is 12.1 Å². The van der Waals surface area contributed by atoms with E-state index in [4.69, 9.17) is 16.3 Å². The molecule has 2 aliphatic rings. The van der Waals surface area contributed by atoms with Crippen LogP contribution in [-0.4, -0.2) is 6.10 Å². The predicted molar refractivity (Wildman–Crippen MR) is 100 cm³/mol. The van der Waals surface area contributed by atoms with Gasteiger partial charge in [0, 0.05) is 10.9 Å². The first-order chi connectivity index (χ1) is 11.6. The second-order valence-corrected chi connectivity index (χ2v) is 7.35. The molecule has 1 heterocycles. The zero-order valence-electron chi connectivity index (χ0n) is 14.0. The second-order valence-electron chi connectivity index (χ2n) is 6.92. The minimum atomic E-state index is 0.153. The van der Waals surface area contributed by atoms with E-state index < -0.39 is 0 Å². The SMILES string of the molecule is CC(C)Oc1cccc2c1NC(c1cccc(Cl)c1)C1CC=CC21. The third-order valence-corrected chi connectivity index (χ3v) is 5.16. The topological polar surface area (TPSA) is 21.3 Å². The number of fused-ring (bicyclic) bond motifs is 3. The van der Waals surface area contributed by atoms with Gasteiger partial charge in [0.2, 0.25) is 0 Å². The summed E-state index contributed by atoms with van der Waals surface area (Å²) in [6.45, 7) is 4.13. The average molecular weight is 340 g/mol. The first-order valence-electron chi connectivity index (χ1n) is 8.61. The van der Waals surface area contributed by atoms with E-state index in [2.05, 4.69) is 61.6 Å². The van der Waals surface area contributed by atoms with Gasteiger partial charge < -0.3 is 10.1 Å². The highest BCUT2D eigenvalue weighted by atomic mass is 35.5. The van der Waals surface area contributed by atoms with Crippen molar-refractivity contribution in [1.82, 2.24) is 0 Å². The summed E-state index contributed by atoms with van der Waals surface area (Å²) in [6.07, 6.45) is 5.89. The van der Waals surface area contributed by atoms with Gasteiger partial charge in [-0.3, -0.25) is 0 Å².